The molecule has 1 saturated heterocycles. The summed E-state index contributed by atoms with van der Waals surface area (Å²) in [6.07, 6.45) is 0. The molecule has 2 unspecified atom stereocenters. The first-order valence-electron chi connectivity index (χ1n) is 4.81. The van der Waals surface area contributed by atoms with Crippen LogP contribution in [0.3, 0.4) is 0 Å². The molecule has 1 N–H and O–H groups in total. The monoisotopic (exact) mass is 393 g/mol. The van der Waals surface area contributed by atoms with Gasteiger partial charge in [-0.1, -0.05) is 0 Å². The molecule has 1 aromatic rings. The molecule has 0 aromatic carbocycles. The molecule has 102 valence electrons. The van der Waals surface area contributed by atoms with Crippen molar-refractivity contribution in [3.05, 3.63) is 15.9 Å². The lowest BCUT2D eigenvalue weighted by molar-refractivity contribution is 0.565. The van der Waals surface area contributed by atoms with Crippen molar-refractivity contribution >= 4 is 58.7 Å². The molecule has 0 bridgehead atoms. The number of sulfone groups is 1. The van der Waals surface area contributed by atoms with E-state index in [4.69, 9.17) is 11.6 Å². The Morgan fingerprint density at radius 2 is 2.11 bits per heavy atom. The van der Waals surface area contributed by atoms with E-state index in [0.717, 1.165) is 11.3 Å². The fourth-order valence-corrected chi connectivity index (χ4v) is 8.00. The minimum Gasteiger partial charge on any atom is -0.229 e. The van der Waals surface area contributed by atoms with E-state index >= 15 is 0 Å². The van der Waals surface area contributed by atoms with Crippen LogP contribution in [0.1, 0.15) is 0 Å². The second-order valence-electron chi connectivity index (χ2n) is 3.88. The van der Waals surface area contributed by atoms with Gasteiger partial charge in [0.1, 0.15) is 4.21 Å². The van der Waals surface area contributed by atoms with Crippen molar-refractivity contribution in [3.8, 4) is 0 Å². The molecular formula is C8H9BrClNO4S3. The Hall–Kier alpha value is 0.330. The normalized spacial score (nSPS) is 27.4. The van der Waals surface area contributed by atoms with E-state index in [-0.39, 0.29) is 15.7 Å². The molecule has 2 atom stereocenters. The summed E-state index contributed by atoms with van der Waals surface area (Å²) in [5.74, 6) is -0.462. The zero-order valence-electron chi connectivity index (χ0n) is 8.84. The van der Waals surface area contributed by atoms with Crippen LogP contribution in [0.15, 0.2) is 20.1 Å². The van der Waals surface area contributed by atoms with Crippen LogP contribution in [0, 0.1) is 0 Å². The van der Waals surface area contributed by atoms with Gasteiger partial charge in [-0.2, -0.15) is 0 Å². The van der Waals surface area contributed by atoms with Gasteiger partial charge >= 0.3 is 0 Å². The Morgan fingerprint density at radius 3 is 2.56 bits per heavy atom. The average Bonchev–Trinajstić information content (AvgIpc) is 2.71. The predicted molar refractivity (Wildman–Crippen MR) is 74.4 cm³/mol. The van der Waals surface area contributed by atoms with Crippen LogP contribution in [-0.4, -0.2) is 39.8 Å². The smallest absolute Gasteiger partial charge is 0.229 e. The van der Waals surface area contributed by atoms with Gasteiger partial charge in [-0.05, 0) is 27.4 Å². The quantitative estimate of drug-likeness (QED) is 0.781. The van der Waals surface area contributed by atoms with Gasteiger partial charge in [-0.25, -0.2) is 21.6 Å². The highest BCUT2D eigenvalue weighted by Gasteiger charge is 2.39. The molecule has 0 spiro atoms. The Labute approximate surface area is 123 Å². The van der Waals surface area contributed by atoms with Gasteiger partial charge in [0.15, 0.2) is 9.84 Å². The molecule has 1 aromatic heterocycles. The van der Waals surface area contributed by atoms with E-state index in [0.29, 0.717) is 4.47 Å². The maximum Gasteiger partial charge on any atom is 0.251 e. The Morgan fingerprint density at radius 1 is 1.44 bits per heavy atom. The number of sulfonamides is 1. The molecule has 0 aliphatic carbocycles. The van der Waals surface area contributed by atoms with Crippen molar-refractivity contribution < 1.29 is 16.8 Å². The van der Waals surface area contributed by atoms with Gasteiger partial charge in [-0.15, -0.1) is 22.9 Å². The molecule has 1 aliphatic rings. The summed E-state index contributed by atoms with van der Waals surface area (Å²) in [7, 11) is -7.00. The maximum absolute atomic E-state index is 12.0. The van der Waals surface area contributed by atoms with Gasteiger partial charge in [0.25, 0.3) is 10.0 Å². The van der Waals surface area contributed by atoms with E-state index in [1.54, 1.807) is 11.4 Å². The highest BCUT2D eigenvalue weighted by molar-refractivity contribution is 9.10. The zero-order chi connectivity index (χ0) is 13.6. The molecule has 0 saturated carbocycles. The maximum atomic E-state index is 12.0. The first-order chi connectivity index (χ1) is 8.21. The number of hydrogen-bond acceptors (Lipinski definition) is 5. The fraction of sp³-hybridized carbons (Fsp3) is 0.500. The van der Waals surface area contributed by atoms with Crippen LogP contribution >= 0.6 is 38.9 Å². The van der Waals surface area contributed by atoms with Crippen molar-refractivity contribution in [3.63, 3.8) is 0 Å². The third-order valence-corrected chi connectivity index (χ3v) is 8.95. The standard InChI is InChI=1S/C8H9BrClNO4S3/c9-5-1-2-16-8(5)18(14,15)11-7-4-17(12,13)3-6(7)10/h1-2,6-7,11H,3-4H2. The first-order valence-corrected chi connectivity index (χ1v) is 10.2. The summed E-state index contributed by atoms with van der Waals surface area (Å²) in [5.41, 5.74) is 0. The molecule has 2 heterocycles. The van der Waals surface area contributed by atoms with Crippen molar-refractivity contribution in [2.24, 2.45) is 0 Å². The number of halogens is 2. The van der Waals surface area contributed by atoms with Gasteiger partial charge in [0.2, 0.25) is 0 Å². The summed E-state index contributed by atoms with van der Waals surface area (Å²) < 4.78 is 49.7. The van der Waals surface area contributed by atoms with Gasteiger partial charge < -0.3 is 0 Å². The minimum atomic E-state index is -3.74. The second-order valence-corrected chi connectivity index (χ2v) is 10.3. The van der Waals surface area contributed by atoms with Gasteiger partial charge in [0.05, 0.1) is 22.9 Å². The molecule has 10 heteroatoms. The van der Waals surface area contributed by atoms with E-state index in [1.807, 2.05) is 0 Å². The average molecular weight is 395 g/mol. The molecule has 1 fully saturated rings. The minimum absolute atomic E-state index is 0.121. The van der Waals surface area contributed by atoms with Crippen LogP contribution < -0.4 is 4.72 Å². The van der Waals surface area contributed by atoms with E-state index in [2.05, 4.69) is 20.7 Å². The Balaban J connectivity index is 2.23. The largest absolute Gasteiger partial charge is 0.251 e. The fourth-order valence-electron chi connectivity index (χ4n) is 1.64. The van der Waals surface area contributed by atoms with Crippen molar-refractivity contribution in [1.82, 2.24) is 4.72 Å². The third-order valence-electron chi connectivity index (χ3n) is 2.42. The number of rotatable bonds is 3. The van der Waals surface area contributed by atoms with Crippen molar-refractivity contribution in [2.45, 2.75) is 15.6 Å². The lowest BCUT2D eigenvalue weighted by atomic mass is 10.3. The summed E-state index contributed by atoms with van der Waals surface area (Å²) >= 11 is 10.0. The van der Waals surface area contributed by atoms with Gasteiger partial charge in [0, 0.05) is 4.47 Å². The molecule has 0 radical (unpaired) electrons. The summed E-state index contributed by atoms with van der Waals surface area (Å²) in [6.45, 7) is 0. The number of nitrogens with one attached hydrogen (secondary N) is 1. The molecular weight excluding hydrogens is 386 g/mol. The molecule has 18 heavy (non-hydrogen) atoms. The molecule has 2 rings (SSSR count). The van der Waals surface area contributed by atoms with Gasteiger partial charge in [-0.3, -0.25) is 0 Å². The second kappa shape index (κ2) is 5.02. The number of hydrogen-bond donors (Lipinski definition) is 1. The summed E-state index contributed by atoms with van der Waals surface area (Å²) in [5, 5.41) is 0.894. The molecule has 5 nitrogen and oxygen atoms in total. The summed E-state index contributed by atoms with van der Waals surface area (Å²) in [4.78, 5) is 0. The molecule has 0 amide bonds. The predicted octanol–water partition coefficient (Wildman–Crippen LogP) is 1.19. The molecule has 1 aliphatic heterocycles. The first kappa shape index (κ1) is 14.7. The Bertz CT molecular complexity index is 654. The number of alkyl halides is 1. The highest BCUT2D eigenvalue weighted by atomic mass is 79.9. The van der Waals surface area contributed by atoms with Crippen LogP contribution in [0.5, 0.6) is 0 Å². The third kappa shape index (κ3) is 3.07. The van der Waals surface area contributed by atoms with Crippen LogP contribution in [0.4, 0.5) is 0 Å². The summed E-state index contributed by atoms with van der Waals surface area (Å²) in [6, 6.07) is 0.832. The van der Waals surface area contributed by atoms with E-state index in [1.165, 1.54) is 0 Å². The van der Waals surface area contributed by atoms with E-state index in [9.17, 15) is 16.8 Å². The Kier molecular flexibility index (Phi) is 4.11. The zero-order valence-corrected chi connectivity index (χ0v) is 13.6. The van der Waals surface area contributed by atoms with Crippen LogP contribution in [0.25, 0.3) is 0 Å². The van der Waals surface area contributed by atoms with Crippen LogP contribution in [0.2, 0.25) is 0 Å². The lowest BCUT2D eigenvalue weighted by Crippen LogP contribution is -2.40. The van der Waals surface area contributed by atoms with Crippen molar-refractivity contribution in [1.29, 1.82) is 0 Å². The van der Waals surface area contributed by atoms with Crippen LogP contribution in [-0.2, 0) is 19.9 Å². The lowest BCUT2D eigenvalue weighted by Gasteiger charge is -2.13. The van der Waals surface area contributed by atoms with Crippen molar-refractivity contribution in [2.75, 3.05) is 11.5 Å². The number of thiophene rings is 1. The highest BCUT2D eigenvalue weighted by Crippen LogP contribution is 2.28. The SMILES string of the molecule is O=S1(=O)CC(Cl)C(NS(=O)(=O)c2sccc2Br)C1. The topological polar surface area (TPSA) is 80.3 Å². The van der Waals surface area contributed by atoms with E-state index < -0.39 is 31.3 Å².